The van der Waals surface area contributed by atoms with Crippen LogP contribution in [0.4, 0.5) is 4.79 Å². The molecule has 3 nitrogen and oxygen atoms in total. The standard InChI is InChI=1S/C11H19NO2Si/c1-15(2,3)9-7-10-6-4-5-8-12(10)11(13)14/h10H,4-6,8H2,1-3H3,(H,13,14). The first-order chi connectivity index (χ1) is 6.90. The molecule has 1 aliphatic rings. The zero-order valence-electron chi connectivity index (χ0n) is 9.71. The molecule has 0 bridgehead atoms. The minimum atomic E-state index is -1.39. The van der Waals surface area contributed by atoms with Crippen molar-refractivity contribution in [2.75, 3.05) is 6.54 Å². The van der Waals surface area contributed by atoms with Crippen LogP contribution >= 0.6 is 0 Å². The van der Waals surface area contributed by atoms with Gasteiger partial charge >= 0.3 is 6.09 Å². The third-order valence-corrected chi connectivity index (χ3v) is 3.26. The zero-order chi connectivity index (χ0) is 11.5. The fourth-order valence-electron chi connectivity index (χ4n) is 1.61. The van der Waals surface area contributed by atoms with Crippen molar-refractivity contribution in [1.29, 1.82) is 0 Å². The Balaban J connectivity index is 2.72. The topological polar surface area (TPSA) is 40.5 Å². The van der Waals surface area contributed by atoms with E-state index in [1.165, 1.54) is 4.90 Å². The van der Waals surface area contributed by atoms with Crippen molar-refractivity contribution in [3.05, 3.63) is 0 Å². The lowest BCUT2D eigenvalue weighted by Crippen LogP contribution is -2.42. The van der Waals surface area contributed by atoms with Gasteiger partial charge in [-0.25, -0.2) is 4.79 Å². The second-order valence-electron chi connectivity index (χ2n) is 5.01. The molecule has 0 aromatic carbocycles. The van der Waals surface area contributed by atoms with E-state index in [1.54, 1.807) is 0 Å². The van der Waals surface area contributed by atoms with Gasteiger partial charge in [-0.2, -0.15) is 0 Å². The lowest BCUT2D eigenvalue weighted by Gasteiger charge is -2.30. The maximum absolute atomic E-state index is 11.0. The highest BCUT2D eigenvalue weighted by Gasteiger charge is 2.24. The Kier molecular flexibility index (Phi) is 3.81. The summed E-state index contributed by atoms with van der Waals surface area (Å²) in [7, 11) is -1.39. The highest BCUT2D eigenvalue weighted by Crippen LogP contribution is 2.16. The number of hydrogen-bond acceptors (Lipinski definition) is 1. The Morgan fingerprint density at radius 1 is 1.40 bits per heavy atom. The van der Waals surface area contributed by atoms with Crippen molar-refractivity contribution in [3.63, 3.8) is 0 Å². The number of carbonyl (C=O) groups is 1. The van der Waals surface area contributed by atoms with Crippen LogP contribution in [-0.4, -0.2) is 36.8 Å². The van der Waals surface area contributed by atoms with Crippen LogP contribution in [0.1, 0.15) is 19.3 Å². The number of hydrogen-bond donors (Lipinski definition) is 1. The summed E-state index contributed by atoms with van der Waals surface area (Å²) in [5, 5.41) is 9.01. The van der Waals surface area contributed by atoms with Gasteiger partial charge in [-0.1, -0.05) is 25.6 Å². The summed E-state index contributed by atoms with van der Waals surface area (Å²) in [4.78, 5) is 12.4. The van der Waals surface area contributed by atoms with Crippen LogP contribution in [0.25, 0.3) is 0 Å². The van der Waals surface area contributed by atoms with E-state index in [0.717, 1.165) is 19.3 Å². The first-order valence-corrected chi connectivity index (χ1v) is 8.92. The normalized spacial score (nSPS) is 21.8. The lowest BCUT2D eigenvalue weighted by molar-refractivity contribution is 0.122. The van der Waals surface area contributed by atoms with Gasteiger partial charge in [-0.15, -0.1) is 5.54 Å². The average Bonchev–Trinajstić information content (AvgIpc) is 2.14. The number of piperidine rings is 1. The molecule has 1 unspecified atom stereocenters. The predicted octanol–water partition coefficient (Wildman–Crippen LogP) is 2.40. The SMILES string of the molecule is C[Si](C)(C)C#CC1CCCCN1C(=O)O. The van der Waals surface area contributed by atoms with E-state index in [-0.39, 0.29) is 6.04 Å². The summed E-state index contributed by atoms with van der Waals surface area (Å²) < 4.78 is 0. The minimum absolute atomic E-state index is 0.0667. The molecular formula is C11H19NO2Si. The smallest absolute Gasteiger partial charge is 0.408 e. The molecule has 0 saturated carbocycles. The molecule has 1 N–H and O–H groups in total. The summed E-state index contributed by atoms with van der Waals surface area (Å²) in [6, 6.07) is -0.0667. The molecule has 0 aromatic rings. The number of rotatable bonds is 0. The summed E-state index contributed by atoms with van der Waals surface area (Å²) in [6.07, 6.45) is 2.13. The molecule has 0 aromatic heterocycles. The summed E-state index contributed by atoms with van der Waals surface area (Å²) in [6.45, 7) is 7.16. The van der Waals surface area contributed by atoms with Crippen molar-refractivity contribution < 1.29 is 9.90 Å². The maximum Gasteiger partial charge on any atom is 0.408 e. The first kappa shape index (κ1) is 12.1. The second kappa shape index (κ2) is 4.71. The first-order valence-electron chi connectivity index (χ1n) is 5.42. The number of amides is 1. The van der Waals surface area contributed by atoms with Gasteiger partial charge in [0.05, 0.1) is 6.04 Å². The fraction of sp³-hybridized carbons (Fsp3) is 0.727. The third kappa shape index (κ3) is 3.96. The number of carboxylic acid groups (broad SMARTS) is 1. The quantitative estimate of drug-likeness (QED) is 0.508. The molecular weight excluding hydrogens is 206 g/mol. The largest absolute Gasteiger partial charge is 0.465 e. The number of nitrogens with zero attached hydrogens (tertiary/aromatic N) is 1. The van der Waals surface area contributed by atoms with Crippen LogP contribution in [0.2, 0.25) is 19.6 Å². The molecule has 1 heterocycles. The molecule has 0 aliphatic carbocycles. The van der Waals surface area contributed by atoms with Crippen molar-refractivity contribution in [2.24, 2.45) is 0 Å². The van der Waals surface area contributed by atoms with Crippen LogP contribution in [0.5, 0.6) is 0 Å². The van der Waals surface area contributed by atoms with Gasteiger partial charge in [0.15, 0.2) is 0 Å². The molecule has 15 heavy (non-hydrogen) atoms. The van der Waals surface area contributed by atoms with E-state index in [1.807, 2.05) is 0 Å². The molecule has 84 valence electrons. The van der Waals surface area contributed by atoms with E-state index in [0.29, 0.717) is 6.54 Å². The van der Waals surface area contributed by atoms with Crippen molar-refractivity contribution in [1.82, 2.24) is 4.90 Å². The van der Waals surface area contributed by atoms with Gasteiger partial charge in [0, 0.05) is 6.54 Å². The predicted molar refractivity (Wildman–Crippen MR) is 63.5 cm³/mol. The van der Waals surface area contributed by atoms with Gasteiger partial charge in [0.2, 0.25) is 0 Å². The van der Waals surface area contributed by atoms with Gasteiger partial charge < -0.3 is 5.11 Å². The molecule has 1 amide bonds. The zero-order valence-corrected chi connectivity index (χ0v) is 10.7. The summed E-state index contributed by atoms with van der Waals surface area (Å²) in [5.74, 6) is 3.15. The van der Waals surface area contributed by atoms with Crippen LogP contribution in [0.15, 0.2) is 0 Å². The van der Waals surface area contributed by atoms with Crippen LogP contribution in [-0.2, 0) is 0 Å². The van der Waals surface area contributed by atoms with Crippen molar-refractivity contribution >= 4 is 14.2 Å². The van der Waals surface area contributed by atoms with Crippen molar-refractivity contribution in [3.8, 4) is 11.5 Å². The summed E-state index contributed by atoms with van der Waals surface area (Å²) >= 11 is 0. The monoisotopic (exact) mass is 225 g/mol. The fourth-order valence-corrected chi connectivity index (χ4v) is 2.21. The van der Waals surface area contributed by atoms with E-state index >= 15 is 0 Å². The van der Waals surface area contributed by atoms with Crippen LogP contribution < -0.4 is 0 Å². The Labute approximate surface area is 92.5 Å². The van der Waals surface area contributed by atoms with E-state index in [2.05, 4.69) is 31.1 Å². The highest BCUT2D eigenvalue weighted by atomic mass is 28.3. The Morgan fingerprint density at radius 2 is 2.07 bits per heavy atom. The van der Waals surface area contributed by atoms with E-state index < -0.39 is 14.2 Å². The van der Waals surface area contributed by atoms with E-state index in [9.17, 15) is 4.79 Å². The second-order valence-corrected chi connectivity index (χ2v) is 9.76. The van der Waals surface area contributed by atoms with Gasteiger partial charge in [-0.3, -0.25) is 4.90 Å². The number of likely N-dealkylation sites (tertiary alicyclic amines) is 1. The van der Waals surface area contributed by atoms with E-state index in [4.69, 9.17) is 5.11 Å². The molecule has 1 fully saturated rings. The van der Waals surface area contributed by atoms with Gasteiger partial charge in [0.1, 0.15) is 8.07 Å². The molecule has 1 aliphatic heterocycles. The highest BCUT2D eigenvalue weighted by molar-refractivity contribution is 6.83. The maximum atomic E-state index is 11.0. The van der Waals surface area contributed by atoms with Crippen LogP contribution in [0.3, 0.4) is 0 Å². The summed E-state index contributed by atoms with van der Waals surface area (Å²) in [5.41, 5.74) is 3.26. The molecule has 0 spiro atoms. The van der Waals surface area contributed by atoms with Crippen LogP contribution in [0, 0.1) is 11.5 Å². The third-order valence-electron chi connectivity index (χ3n) is 2.36. The Morgan fingerprint density at radius 3 is 2.60 bits per heavy atom. The molecule has 4 heteroatoms. The van der Waals surface area contributed by atoms with Crippen molar-refractivity contribution in [2.45, 2.75) is 44.9 Å². The minimum Gasteiger partial charge on any atom is -0.465 e. The molecule has 1 rings (SSSR count). The molecule has 1 saturated heterocycles. The Hall–Kier alpha value is -0.953. The average molecular weight is 225 g/mol. The van der Waals surface area contributed by atoms with Gasteiger partial charge in [-0.05, 0) is 19.3 Å². The molecule has 1 atom stereocenters. The lowest BCUT2D eigenvalue weighted by atomic mass is 10.0. The van der Waals surface area contributed by atoms with Gasteiger partial charge in [0.25, 0.3) is 0 Å². The molecule has 0 radical (unpaired) electrons. The Bertz CT molecular complexity index is 298.